The third-order valence-corrected chi connectivity index (χ3v) is 3.04. The monoisotopic (exact) mass is 294 g/mol. The molecule has 88 valence electrons. The van der Waals surface area contributed by atoms with Crippen molar-refractivity contribution in [1.82, 2.24) is 0 Å². The van der Waals surface area contributed by atoms with Gasteiger partial charge in [-0.25, -0.2) is 4.39 Å². The molecule has 2 rings (SSSR count). The van der Waals surface area contributed by atoms with Gasteiger partial charge in [-0.05, 0) is 35.4 Å². The molecule has 2 aromatic carbocycles. The Balaban J connectivity index is 2.14. The van der Waals surface area contributed by atoms with Gasteiger partial charge in [0.15, 0.2) is 0 Å². The lowest BCUT2D eigenvalue weighted by Crippen LogP contribution is -2.01. The minimum absolute atomic E-state index is 0.274. The Hall–Kier alpha value is -1.19. The van der Waals surface area contributed by atoms with Gasteiger partial charge in [-0.1, -0.05) is 40.2 Å². The molecular weight excluding hydrogens is 283 g/mol. The Kier molecular flexibility index (Phi) is 3.92. The average Bonchev–Trinajstić information content (AvgIpc) is 2.29. The van der Waals surface area contributed by atoms with Crippen LogP contribution >= 0.6 is 15.9 Å². The van der Waals surface area contributed by atoms with Gasteiger partial charge in [0.25, 0.3) is 0 Å². The Morgan fingerprint density at radius 1 is 1.12 bits per heavy atom. The summed E-state index contributed by atoms with van der Waals surface area (Å²) in [4.78, 5) is 0. The van der Waals surface area contributed by atoms with Gasteiger partial charge in [0, 0.05) is 10.9 Å². The maximum absolute atomic E-state index is 13.0. The summed E-state index contributed by atoms with van der Waals surface area (Å²) in [6, 6.07) is 13.8. The number of aliphatic hydroxyl groups is 1. The van der Waals surface area contributed by atoms with E-state index in [1.165, 1.54) is 12.1 Å². The van der Waals surface area contributed by atoms with Crippen LogP contribution in [-0.2, 0) is 6.42 Å². The van der Waals surface area contributed by atoms with Gasteiger partial charge in [-0.3, -0.25) is 0 Å². The Labute approximate surface area is 108 Å². The van der Waals surface area contributed by atoms with Gasteiger partial charge in [0.1, 0.15) is 5.82 Å². The number of benzene rings is 2. The van der Waals surface area contributed by atoms with Gasteiger partial charge < -0.3 is 5.11 Å². The summed E-state index contributed by atoms with van der Waals surface area (Å²) in [5.74, 6) is -0.274. The van der Waals surface area contributed by atoms with E-state index in [1.807, 2.05) is 30.3 Å². The van der Waals surface area contributed by atoms with Crippen LogP contribution in [0.5, 0.6) is 0 Å². The number of hydrogen-bond acceptors (Lipinski definition) is 1. The van der Waals surface area contributed by atoms with Crippen LogP contribution in [0.25, 0.3) is 0 Å². The molecule has 1 atom stereocenters. The van der Waals surface area contributed by atoms with Crippen LogP contribution in [0.15, 0.2) is 53.0 Å². The summed E-state index contributed by atoms with van der Waals surface area (Å²) in [6.45, 7) is 0. The summed E-state index contributed by atoms with van der Waals surface area (Å²) >= 11 is 3.36. The molecule has 0 amide bonds. The highest BCUT2D eigenvalue weighted by molar-refractivity contribution is 9.10. The van der Waals surface area contributed by atoms with Crippen molar-refractivity contribution in [3.63, 3.8) is 0 Å². The van der Waals surface area contributed by atoms with Crippen LogP contribution in [0.1, 0.15) is 17.2 Å². The van der Waals surface area contributed by atoms with Crippen molar-refractivity contribution in [1.29, 1.82) is 0 Å². The number of hydrogen-bond donors (Lipinski definition) is 1. The fourth-order valence-electron chi connectivity index (χ4n) is 1.72. The zero-order chi connectivity index (χ0) is 12.3. The molecule has 3 heteroatoms. The Bertz CT molecular complexity index is 513. The van der Waals surface area contributed by atoms with Crippen molar-refractivity contribution in [3.05, 3.63) is 69.9 Å². The lowest BCUT2D eigenvalue weighted by molar-refractivity contribution is 0.178. The van der Waals surface area contributed by atoms with Crippen LogP contribution in [0.2, 0.25) is 0 Å². The van der Waals surface area contributed by atoms with Crippen molar-refractivity contribution < 1.29 is 9.50 Å². The molecule has 0 aliphatic rings. The number of rotatable bonds is 3. The highest BCUT2D eigenvalue weighted by Gasteiger charge is 2.09. The first-order chi connectivity index (χ1) is 8.15. The summed E-state index contributed by atoms with van der Waals surface area (Å²) in [5, 5.41) is 10.0. The van der Waals surface area contributed by atoms with Gasteiger partial charge >= 0.3 is 0 Å². The van der Waals surface area contributed by atoms with Crippen LogP contribution < -0.4 is 0 Å². The molecule has 1 N–H and O–H groups in total. The third-order valence-electron chi connectivity index (χ3n) is 2.55. The van der Waals surface area contributed by atoms with E-state index in [0.29, 0.717) is 6.42 Å². The molecule has 0 saturated heterocycles. The van der Waals surface area contributed by atoms with Gasteiger partial charge in [-0.15, -0.1) is 0 Å². The maximum atomic E-state index is 13.0. The SMILES string of the molecule is OC(Cc1cccc(F)c1)c1cccc(Br)c1. The van der Waals surface area contributed by atoms with E-state index >= 15 is 0 Å². The lowest BCUT2D eigenvalue weighted by Gasteiger charge is -2.11. The summed E-state index contributed by atoms with van der Waals surface area (Å²) < 4.78 is 13.9. The van der Waals surface area contributed by atoms with E-state index in [9.17, 15) is 9.50 Å². The fraction of sp³-hybridized carbons (Fsp3) is 0.143. The van der Waals surface area contributed by atoms with Gasteiger partial charge in [0.2, 0.25) is 0 Å². The molecule has 0 saturated carbocycles. The first-order valence-corrected chi connectivity index (χ1v) is 6.12. The van der Waals surface area contributed by atoms with E-state index in [1.54, 1.807) is 6.07 Å². The van der Waals surface area contributed by atoms with Crippen molar-refractivity contribution in [2.45, 2.75) is 12.5 Å². The molecule has 0 radical (unpaired) electrons. The second kappa shape index (κ2) is 5.43. The molecule has 1 nitrogen and oxygen atoms in total. The van der Waals surface area contributed by atoms with E-state index in [0.717, 1.165) is 15.6 Å². The molecule has 0 aliphatic carbocycles. The first-order valence-electron chi connectivity index (χ1n) is 5.33. The van der Waals surface area contributed by atoms with Crippen LogP contribution in [0, 0.1) is 5.82 Å². The minimum Gasteiger partial charge on any atom is -0.388 e. The molecule has 1 unspecified atom stereocenters. The highest BCUT2D eigenvalue weighted by Crippen LogP contribution is 2.21. The van der Waals surface area contributed by atoms with Gasteiger partial charge in [0.05, 0.1) is 6.10 Å². The number of aliphatic hydroxyl groups excluding tert-OH is 1. The van der Waals surface area contributed by atoms with E-state index in [-0.39, 0.29) is 5.82 Å². The van der Waals surface area contributed by atoms with Crippen LogP contribution in [-0.4, -0.2) is 5.11 Å². The zero-order valence-corrected chi connectivity index (χ0v) is 10.7. The quantitative estimate of drug-likeness (QED) is 0.911. The lowest BCUT2D eigenvalue weighted by atomic mass is 10.0. The summed E-state index contributed by atoms with van der Waals surface area (Å²) in [6.07, 6.45) is -0.205. The van der Waals surface area contributed by atoms with E-state index in [4.69, 9.17) is 0 Å². The highest BCUT2D eigenvalue weighted by atomic mass is 79.9. The zero-order valence-electron chi connectivity index (χ0n) is 9.11. The molecule has 0 aromatic heterocycles. The van der Waals surface area contributed by atoms with Gasteiger partial charge in [-0.2, -0.15) is 0 Å². The molecule has 0 heterocycles. The summed E-state index contributed by atoms with van der Waals surface area (Å²) in [5.41, 5.74) is 1.61. The molecule has 17 heavy (non-hydrogen) atoms. The van der Waals surface area contributed by atoms with Crippen LogP contribution in [0.4, 0.5) is 4.39 Å². The topological polar surface area (TPSA) is 20.2 Å². The van der Waals surface area contributed by atoms with Crippen molar-refractivity contribution in [2.24, 2.45) is 0 Å². The minimum atomic E-state index is -0.616. The molecule has 2 aromatic rings. The van der Waals surface area contributed by atoms with Crippen molar-refractivity contribution in [2.75, 3.05) is 0 Å². The predicted molar refractivity (Wildman–Crippen MR) is 69.2 cm³/mol. The normalized spacial score (nSPS) is 12.4. The Morgan fingerprint density at radius 2 is 1.88 bits per heavy atom. The Morgan fingerprint density at radius 3 is 2.59 bits per heavy atom. The van der Waals surface area contributed by atoms with Crippen molar-refractivity contribution in [3.8, 4) is 0 Å². The largest absolute Gasteiger partial charge is 0.388 e. The molecule has 0 fully saturated rings. The standard InChI is InChI=1S/C14H12BrFO/c15-12-5-2-4-11(9-12)14(17)8-10-3-1-6-13(16)7-10/h1-7,9,14,17H,8H2. The maximum Gasteiger partial charge on any atom is 0.123 e. The van der Waals surface area contributed by atoms with E-state index in [2.05, 4.69) is 15.9 Å². The second-order valence-electron chi connectivity index (χ2n) is 3.90. The molecular formula is C14H12BrFO. The fourth-order valence-corrected chi connectivity index (χ4v) is 2.14. The number of halogens is 2. The summed E-state index contributed by atoms with van der Waals surface area (Å²) in [7, 11) is 0. The third kappa shape index (κ3) is 3.38. The second-order valence-corrected chi connectivity index (χ2v) is 4.82. The molecule has 0 spiro atoms. The smallest absolute Gasteiger partial charge is 0.123 e. The van der Waals surface area contributed by atoms with E-state index < -0.39 is 6.10 Å². The molecule has 0 bridgehead atoms. The van der Waals surface area contributed by atoms with Crippen LogP contribution in [0.3, 0.4) is 0 Å². The average molecular weight is 295 g/mol. The van der Waals surface area contributed by atoms with Crippen molar-refractivity contribution >= 4 is 15.9 Å². The first kappa shape index (κ1) is 12.3. The molecule has 0 aliphatic heterocycles. The predicted octanol–water partition coefficient (Wildman–Crippen LogP) is 3.86.